The van der Waals surface area contributed by atoms with Gasteiger partial charge in [-0.15, -0.1) is 11.8 Å². The zero-order chi connectivity index (χ0) is 19.7. The molecule has 0 bridgehead atoms. The first-order valence-corrected chi connectivity index (χ1v) is 10.3. The minimum absolute atomic E-state index is 0.0234. The molecule has 0 aromatic carbocycles. The second-order valence-electron chi connectivity index (χ2n) is 7.68. The van der Waals surface area contributed by atoms with Crippen molar-refractivity contribution >= 4 is 29.4 Å². The maximum Gasteiger partial charge on any atom is 0.403 e. The topological polar surface area (TPSA) is 103 Å². The summed E-state index contributed by atoms with van der Waals surface area (Å²) in [5, 5.41) is 21.9. The highest BCUT2D eigenvalue weighted by molar-refractivity contribution is 8.03. The SMILES string of the molecule is C[C@@H](O)[C@H]1C(=O)N2C(C(=O)[O-])=C(SC3CCn4c3c[n+]3cccnc43)[C@H](C)[C@H]12. The van der Waals surface area contributed by atoms with Crippen LogP contribution in [-0.2, 0) is 16.1 Å². The zero-order valence-electron chi connectivity index (χ0n) is 15.5. The summed E-state index contributed by atoms with van der Waals surface area (Å²) in [5.41, 5.74) is 1.07. The molecule has 5 rings (SSSR count). The number of nitrogens with zero attached hydrogens (tertiary/aromatic N) is 4. The van der Waals surface area contributed by atoms with Gasteiger partial charge in [0.25, 0.3) is 0 Å². The van der Waals surface area contributed by atoms with Crippen LogP contribution in [0.1, 0.15) is 31.2 Å². The number of carbonyl (C=O) groups excluding carboxylic acids is 2. The largest absolute Gasteiger partial charge is 0.543 e. The van der Waals surface area contributed by atoms with Gasteiger partial charge in [-0.3, -0.25) is 4.79 Å². The van der Waals surface area contributed by atoms with Crippen LogP contribution in [0.5, 0.6) is 0 Å². The summed E-state index contributed by atoms with van der Waals surface area (Å²) in [7, 11) is 0. The van der Waals surface area contributed by atoms with Crippen LogP contribution >= 0.6 is 11.8 Å². The van der Waals surface area contributed by atoms with Crippen LogP contribution in [0.3, 0.4) is 0 Å². The summed E-state index contributed by atoms with van der Waals surface area (Å²) in [6.07, 6.45) is 5.79. The fourth-order valence-electron chi connectivity index (χ4n) is 4.83. The molecule has 1 saturated heterocycles. The van der Waals surface area contributed by atoms with E-state index >= 15 is 0 Å². The van der Waals surface area contributed by atoms with E-state index in [1.165, 1.54) is 16.7 Å². The number of carboxylic acid groups (broad SMARTS) is 1. The van der Waals surface area contributed by atoms with E-state index in [9.17, 15) is 19.8 Å². The Hall–Kier alpha value is -2.39. The fraction of sp³-hybridized carbons (Fsp3) is 0.474. The Bertz CT molecular complexity index is 1050. The number of thioether (sulfide) groups is 1. The average Bonchev–Trinajstić information content (AvgIpc) is 3.26. The van der Waals surface area contributed by atoms with Gasteiger partial charge in [-0.25, -0.2) is 8.97 Å². The maximum absolute atomic E-state index is 12.5. The fourth-order valence-corrected chi connectivity index (χ4v) is 6.32. The number of amides is 1. The van der Waals surface area contributed by atoms with Gasteiger partial charge in [0.05, 0.1) is 47.7 Å². The molecule has 8 nitrogen and oxygen atoms in total. The molecule has 0 spiro atoms. The number of rotatable bonds is 4. The number of carbonyl (C=O) groups is 2. The smallest absolute Gasteiger partial charge is 0.403 e. The predicted octanol–water partition coefficient (Wildman–Crippen LogP) is -0.381. The summed E-state index contributed by atoms with van der Waals surface area (Å²) in [6, 6.07) is 1.55. The number of β-lactam (4-membered cyclic amide) rings is 1. The van der Waals surface area contributed by atoms with E-state index in [1.807, 2.05) is 29.8 Å². The lowest BCUT2D eigenvalue weighted by Gasteiger charge is -2.47. The van der Waals surface area contributed by atoms with Crippen molar-refractivity contribution in [1.29, 1.82) is 0 Å². The lowest BCUT2D eigenvalue weighted by atomic mass is 9.79. The van der Waals surface area contributed by atoms with Crippen molar-refractivity contribution in [3.63, 3.8) is 0 Å². The van der Waals surface area contributed by atoms with E-state index in [0.29, 0.717) is 4.91 Å². The molecule has 5 atom stereocenters. The Labute approximate surface area is 165 Å². The molecule has 1 unspecified atom stereocenters. The van der Waals surface area contributed by atoms with Gasteiger partial charge in [0.1, 0.15) is 18.1 Å². The molecule has 0 saturated carbocycles. The molecular weight excluding hydrogens is 380 g/mol. The van der Waals surface area contributed by atoms with Crippen molar-refractivity contribution in [2.45, 2.75) is 44.2 Å². The third-order valence-corrected chi connectivity index (χ3v) is 7.67. The molecular formula is C19H20N4O4S. The Morgan fingerprint density at radius 1 is 1.50 bits per heavy atom. The molecule has 5 heterocycles. The lowest BCUT2D eigenvalue weighted by Crippen LogP contribution is -2.64. The number of aliphatic hydroxyl groups is 1. The van der Waals surface area contributed by atoms with Crippen molar-refractivity contribution in [2.75, 3.05) is 0 Å². The van der Waals surface area contributed by atoms with E-state index in [0.717, 1.165) is 24.4 Å². The standard InChI is InChI=1S/C19H20N4O4S/c1-9-14-13(10(2)24)17(25)23(14)15(18(26)27)16(9)28-12-4-7-22-11(12)8-21-6-3-5-20-19(21)22/h3,5-6,8-10,12-14,24H,4,7H2,1-2H3/t9-,10-,12?,13-,14-/m1/s1. The van der Waals surface area contributed by atoms with E-state index in [-0.39, 0.29) is 28.8 Å². The van der Waals surface area contributed by atoms with E-state index in [1.54, 1.807) is 13.1 Å². The summed E-state index contributed by atoms with van der Waals surface area (Å²) in [5.74, 6) is -1.51. The molecule has 1 N–H and O–H groups in total. The minimum atomic E-state index is -1.33. The predicted molar refractivity (Wildman–Crippen MR) is 97.3 cm³/mol. The van der Waals surface area contributed by atoms with Gasteiger partial charge in [-0.2, -0.15) is 0 Å². The average molecular weight is 400 g/mol. The van der Waals surface area contributed by atoms with Crippen LogP contribution in [0.25, 0.3) is 5.78 Å². The molecule has 146 valence electrons. The van der Waals surface area contributed by atoms with Gasteiger partial charge >= 0.3 is 5.78 Å². The summed E-state index contributed by atoms with van der Waals surface area (Å²) in [6.45, 7) is 4.32. The molecule has 1 amide bonds. The first kappa shape index (κ1) is 17.7. The van der Waals surface area contributed by atoms with Gasteiger partial charge in [0.15, 0.2) is 0 Å². The van der Waals surface area contributed by atoms with Gasteiger partial charge in [0, 0.05) is 16.9 Å². The molecule has 1 fully saturated rings. The number of aromatic nitrogens is 3. The van der Waals surface area contributed by atoms with Crippen LogP contribution in [0.2, 0.25) is 0 Å². The highest BCUT2D eigenvalue weighted by Crippen LogP contribution is 2.54. The van der Waals surface area contributed by atoms with Gasteiger partial charge in [-0.1, -0.05) is 11.9 Å². The summed E-state index contributed by atoms with van der Waals surface area (Å²) in [4.78, 5) is 30.8. The molecule has 3 aliphatic heterocycles. The highest BCUT2D eigenvalue weighted by atomic mass is 32.2. The van der Waals surface area contributed by atoms with Crippen LogP contribution in [0.4, 0.5) is 0 Å². The van der Waals surface area contributed by atoms with Crippen LogP contribution in [-0.4, -0.2) is 43.6 Å². The van der Waals surface area contributed by atoms with Crippen LogP contribution in [0, 0.1) is 11.8 Å². The zero-order valence-corrected chi connectivity index (χ0v) is 16.3. The summed E-state index contributed by atoms with van der Waals surface area (Å²) >= 11 is 1.50. The molecule has 0 aliphatic carbocycles. The first-order valence-electron chi connectivity index (χ1n) is 9.39. The van der Waals surface area contributed by atoms with E-state index < -0.39 is 18.0 Å². The number of hydrogen-bond acceptors (Lipinski definition) is 6. The number of hydrogen-bond donors (Lipinski definition) is 1. The van der Waals surface area contributed by atoms with Crippen molar-refractivity contribution in [3.05, 3.63) is 41.0 Å². The van der Waals surface area contributed by atoms with Crippen molar-refractivity contribution in [2.24, 2.45) is 11.8 Å². The highest BCUT2D eigenvalue weighted by Gasteiger charge is 2.59. The first-order chi connectivity index (χ1) is 13.4. The van der Waals surface area contributed by atoms with Gasteiger partial charge < -0.3 is 19.9 Å². The molecule has 9 heteroatoms. The van der Waals surface area contributed by atoms with Crippen LogP contribution < -0.4 is 9.51 Å². The molecule has 0 radical (unpaired) electrons. The maximum atomic E-state index is 12.5. The quantitative estimate of drug-likeness (QED) is 0.554. The second kappa shape index (κ2) is 6.05. The Morgan fingerprint density at radius 2 is 2.29 bits per heavy atom. The number of aliphatic carboxylic acids is 1. The van der Waals surface area contributed by atoms with Gasteiger partial charge in [0.2, 0.25) is 5.91 Å². The molecule has 3 aliphatic rings. The lowest BCUT2D eigenvalue weighted by molar-refractivity contribution is -0.513. The molecule has 28 heavy (non-hydrogen) atoms. The van der Waals surface area contributed by atoms with Crippen LogP contribution in [0.15, 0.2) is 35.3 Å². The molecule has 2 aromatic heterocycles. The van der Waals surface area contributed by atoms with E-state index in [2.05, 4.69) is 9.55 Å². The van der Waals surface area contributed by atoms with E-state index in [4.69, 9.17) is 0 Å². The second-order valence-corrected chi connectivity index (χ2v) is 8.93. The normalized spacial score (nSPS) is 29.8. The van der Waals surface area contributed by atoms with Gasteiger partial charge in [-0.05, 0) is 13.3 Å². The summed E-state index contributed by atoms with van der Waals surface area (Å²) < 4.78 is 4.11. The third-order valence-electron chi connectivity index (χ3n) is 6.09. The monoisotopic (exact) mass is 400 g/mol. The Balaban J connectivity index is 1.51. The molecule has 2 aromatic rings. The third kappa shape index (κ3) is 2.23. The Kier molecular flexibility index (Phi) is 3.82. The van der Waals surface area contributed by atoms with Crippen molar-refractivity contribution in [1.82, 2.24) is 14.5 Å². The number of imidazole rings is 1. The number of fused-ring (bicyclic) bond motifs is 4. The van der Waals surface area contributed by atoms with Crippen molar-refractivity contribution in [3.8, 4) is 0 Å². The Morgan fingerprint density at radius 3 is 3.00 bits per heavy atom. The number of carboxylic acids is 1. The minimum Gasteiger partial charge on any atom is -0.543 e. The number of aryl methyl sites for hydroxylation is 1. The number of aliphatic hydroxyl groups excluding tert-OH is 1. The van der Waals surface area contributed by atoms with Crippen molar-refractivity contribution < 1.29 is 24.2 Å².